The molecule has 0 fully saturated rings. The molecule has 25 heavy (non-hydrogen) atoms. The van der Waals surface area contributed by atoms with Crippen LogP contribution in [0.3, 0.4) is 0 Å². The summed E-state index contributed by atoms with van der Waals surface area (Å²) < 4.78 is 16.1. The number of rotatable bonds is 3. The number of non-ortho nitro benzene ring substituents is 1. The number of carbonyl (C=O) groups excluding carboxylic acids is 1. The SMILES string of the molecule is O=C1C(Nc2ccc([N+](=O)[O-])cc2Cl)=CC2=NS(=O)c3cccc1c32. The molecule has 0 aromatic heterocycles. The van der Waals surface area contributed by atoms with Gasteiger partial charge in [-0.3, -0.25) is 14.9 Å². The van der Waals surface area contributed by atoms with Gasteiger partial charge in [-0.2, -0.15) is 4.40 Å². The van der Waals surface area contributed by atoms with Crippen LogP contribution in [0.2, 0.25) is 5.02 Å². The summed E-state index contributed by atoms with van der Waals surface area (Å²) in [6.45, 7) is 0. The Morgan fingerprint density at radius 3 is 2.76 bits per heavy atom. The van der Waals surface area contributed by atoms with Gasteiger partial charge in [-0.25, -0.2) is 4.21 Å². The van der Waals surface area contributed by atoms with Crippen LogP contribution in [0.15, 0.2) is 57.5 Å². The average molecular weight is 374 g/mol. The molecule has 1 aliphatic carbocycles. The lowest BCUT2D eigenvalue weighted by Crippen LogP contribution is -2.21. The number of Topliss-reactive ketones (excluding diaryl/α,β-unsaturated/α-hetero) is 1. The molecular weight excluding hydrogens is 366 g/mol. The third-order valence-electron chi connectivity index (χ3n) is 3.85. The van der Waals surface area contributed by atoms with Crippen LogP contribution in [0.25, 0.3) is 0 Å². The Morgan fingerprint density at radius 1 is 1.24 bits per heavy atom. The van der Waals surface area contributed by atoms with Gasteiger partial charge in [0, 0.05) is 23.3 Å². The summed E-state index contributed by atoms with van der Waals surface area (Å²) in [7, 11) is -1.52. The van der Waals surface area contributed by atoms with Crippen LogP contribution in [-0.2, 0) is 11.0 Å². The van der Waals surface area contributed by atoms with Gasteiger partial charge in [-0.15, -0.1) is 0 Å². The van der Waals surface area contributed by atoms with E-state index in [1.807, 2.05) is 0 Å². The predicted octanol–water partition coefficient (Wildman–Crippen LogP) is 3.27. The summed E-state index contributed by atoms with van der Waals surface area (Å²) in [6.07, 6.45) is 1.51. The normalized spacial score (nSPS) is 17.6. The average Bonchev–Trinajstić information content (AvgIpc) is 2.91. The Kier molecular flexibility index (Phi) is 3.52. The fourth-order valence-electron chi connectivity index (χ4n) is 2.72. The van der Waals surface area contributed by atoms with Crippen molar-refractivity contribution in [3.63, 3.8) is 0 Å². The molecule has 2 aliphatic rings. The van der Waals surface area contributed by atoms with Gasteiger partial charge < -0.3 is 5.32 Å². The molecule has 4 rings (SSSR count). The van der Waals surface area contributed by atoms with Crippen LogP contribution in [0, 0.1) is 10.1 Å². The molecule has 1 heterocycles. The van der Waals surface area contributed by atoms with Crippen molar-refractivity contribution in [3.05, 3.63) is 74.4 Å². The number of hydrogen-bond donors (Lipinski definition) is 1. The number of ketones is 1. The maximum Gasteiger partial charge on any atom is 0.271 e. The first kappa shape index (κ1) is 15.7. The molecule has 0 spiro atoms. The highest BCUT2D eigenvalue weighted by atomic mass is 35.5. The lowest BCUT2D eigenvalue weighted by atomic mass is 9.92. The number of anilines is 1. The highest BCUT2D eigenvalue weighted by Gasteiger charge is 2.32. The van der Waals surface area contributed by atoms with Gasteiger partial charge in [0.2, 0.25) is 5.78 Å². The van der Waals surface area contributed by atoms with Gasteiger partial charge in [0.1, 0.15) is 0 Å². The molecule has 7 nitrogen and oxygen atoms in total. The summed E-state index contributed by atoms with van der Waals surface area (Å²) >= 11 is 6.06. The largest absolute Gasteiger partial charge is 0.351 e. The minimum Gasteiger partial charge on any atom is -0.351 e. The van der Waals surface area contributed by atoms with Crippen molar-refractivity contribution in [2.24, 2.45) is 4.40 Å². The van der Waals surface area contributed by atoms with E-state index in [1.54, 1.807) is 18.2 Å². The zero-order chi connectivity index (χ0) is 17.7. The molecule has 1 N–H and O–H groups in total. The third-order valence-corrected chi connectivity index (χ3v) is 5.25. The number of nitrogens with one attached hydrogen (secondary N) is 1. The molecule has 2 aromatic carbocycles. The maximum absolute atomic E-state index is 12.7. The second-order valence-corrected chi connectivity index (χ2v) is 6.87. The molecule has 0 saturated carbocycles. The Labute approximate surface area is 148 Å². The zero-order valence-electron chi connectivity index (χ0n) is 12.4. The van der Waals surface area contributed by atoms with Crippen molar-refractivity contribution >= 4 is 45.5 Å². The smallest absolute Gasteiger partial charge is 0.271 e. The quantitative estimate of drug-likeness (QED) is 0.657. The van der Waals surface area contributed by atoms with E-state index in [0.29, 0.717) is 27.4 Å². The van der Waals surface area contributed by atoms with Crippen LogP contribution < -0.4 is 5.32 Å². The van der Waals surface area contributed by atoms with Gasteiger partial charge in [0.15, 0.2) is 11.0 Å². The Morgan fingerprint density at radius 2 is 2.04 bits per heavy atom. The zero-order valence-corrected chi connectivity index (χ0v) is 13.9. The summed E-state index contributed by atoms with van der Waals surface area (Å²) in [5.41, 5.74) is 1.87. The van der Waals surface area contributed by atoms with Crippen molar-refractivity contribution in [1.82, 2.24) is 0 Å². The van der Waals surface area contributed by atoms with Crippen molar-refractivity contribution < 1.29 is 13.9 Å². The second kappa shape index (κ2) is 5.61. The maximum atomic E-state index is 12.7. The van der Waals surface area contributed by atoms with E-state index in [1.165, 1.54) is 24.3 Å². The highest BCUT2D eigenvalue weighted by molar-refractivity contribution is 7.84. The number of nitro groups is 1. The predicted molar refractivity (Wildman–Crippen MR) is 93.5 cm³/mol. The Hall–Kier alpha value is -2.84. The first-order valence-corrected chi connectivity index (χ1v) is 8.55. The number of nitro benzene ring substituents is 1. The van der Waals surface area contributed by atoms with E-state index in [-0.39, 0.29) is 22.2 Å². The summed E-state index contributed by atoms with van der Waals surface area (Å²) in [5, 5.41) is 13.8. The number of benzene rings is 2. The van der Waals surface area contributed by atoms with E-state index in [9.17, 15) is 19.1 Å². The van der Waals surface area contributed by atoms with Crippen LogP contribution in [0.1, 0.15) is 15.9 Å². The fourth-order valence-corrected chi connectivity index (χ4v) is 3.94. The van der Waals surface area contributed by atoms with Gasteiger partial charge in [-0.05, 0) is 18.2 Å². The molecular formula is C16H8ClN3O4S. The number of allylic oxidation sites excluding steroid dienone is 2. The second-order valence-electron chi connectivity index (χ2n) is 5.34. The molecule has 0 saturated heterocycles. The lowest BCUT2D eigenvalue weighted by Gasteiger charge is -2.17. The molecule has 1 atom stereocenters. The van der Waals surface area contributed by atoms with Crippen molar-refractivity contribution in [1.29, 1.82) is 0 Å². The van der Waals surface area contributed by atoms with Gasteiger partial charge in [-0.1, -0.05) is 23.7 Å². The van der Waals surface area contributed by atoms with E-state index in [4.69, 9.17) is 11.6 Å². The van der Waals surface area contributed by atoms with E-state index in [2.05, 4.69) is 9.71 Å². The molecule has 1 aliphatic heterocycles. The summed E-state index contributed by atoms with van der Waals surface area (Å²) in [4.78, 5) is 23.4. The number of carbonyl (C=O) groups is 1. The molecule has 2 aromatic rings. The lowest BCUT2D eigenvalue weighted by molar-refractivity contribution is -0.384. The molecule has 124 valence electrons. The topological polar surface area (TPSA) is 102 Å². The molecule has 9 heteroatoms. The van der Waals surface area contributed by atoms with Crippen molar-refractivity contribution in [2.45, 2.75) is 4.90 Å². The number of nitrogens with zero attached hydrogens (tertiary/aromatic N) is 2. The molecule has 0 radical (unpaired) electrons. The summed E-state index contributed by atoms with van der Waals surface area (Å²) in [5.74, 6) is -0.288. The first-order valence-electron chi connectivity index (χ1n) is 7.07. The van der Waals surface area contributed by atoms with Gasteiger partial charge >= 0.3 is 0 Å². The first-order chi connectivity index (χ1) is 12.0. The van der Waals surface area contributed by atoms with Crippen molar-refractivity contribution in [2.75, 3.05) is 5.32 Å². The van der Waals surface area contributed by atoms with Gasteiger partial charge in [0.25, 0.3) is 5.69 Å². The van der Waals surface area contributed by atoms with Crippen molar-refractivity contribution in [3.8, 4) is 0 Å². The minimum absolute atomic E-state index is 0.111. The summed E-state index contributed by atoms with van der Waals surface area (Å²) in [6, 6.07) is 8.89. The standard InChI is InChI=1S/C16H8ClN3O4S/c17-10-6-8(20(22)23)4-5-11(10)18-13-7-12-15-9(16(13)21)2-1-3-14(15)25(24)19-12/h1-7,18H. The van der Waals surface area contributed by atoms with E-state index >= 15 is 0 Å². The number of hydrogen-bond acceptors (Lipinski definition) is 5. The Bertz CT molecular complexity index is 1060. The molecule has 1 unspecified atom stereocenters. The monoisotopic (exact) mass is 373 g/mol. The Balaban J connectivity index is 1.74. The van der Waals surface area contributed by atoms with E-state index < -0.39 is 15.9 Å². The van der Waals surface area contributed by atoms with Crippen LogP contribution in [0.5, 0.6) is 0 Å². The van der Waals surface area contributed by atoms with Crippen LogP contribution in [-0.4, -0.2) is 20.6 Å². The number of halogens is 1. The molecule has 0 amide bonds. The highest BCUT2D eigenvalue weighted by Crippen LogP contribution is 2.34. The van der Waals surface area contributed by atoms with Crippen LogP contribution in [0.4, 0.5) is 11.4 Å². The van der Waals surface area contributed by atoms with Crippen LogP contribution >= 0.6 is 11.6 Å². The van der Waals surface area contributed by atoms with E-state index in [0.717, 1.165) is 0 Å². The van der Waals surface area contributed by atoms with Gasteiger partial charge in [0.05, 0.1) is 31.9 Å². The third kappa shape index (κ3) is 2.46. The fraction of sp³-hybridized carbons (Fsp3) is 0. The minimum atomic E-state index is -1.52. The molecule has 0 bridgehead atoms.